The van der Waals surface area contributed by atoms with Gasteiger partial charge in [0.15, 0.2) is 0 Å². The first-order valence-electron chi connectivity index (χ1n) is 6.92. The van der Waals surface area contributed by atoms with E-state index in [-0.39, 0.29) is 18.0 Å². The van der Waals surface area contributed by atoms with E-state index < -0.39 is 32.7 Å². The lowest BCUT2D eigenvalue weighted by Crippen LogP contribution is -2.48. The highest BCUT2D eigenvalue weighted by Gasteiger charge is 2.67. The first-order valence-corrected chi connectivity index (χ1v) is 8.36. The van der Waals surface area contributed by atoms with Gasteiger partial charge < -0.3 is 4.90 Å². The lowest BCUT2D eigenvalue weighted by atomic mass is 9.99. The lowest BCUT2D eigenvalue weighted by Gasteiger charge is -2.21. The second-order valence-electron chi connectivity index (χ2n) is 5.34. The standard InChI is InChI=1S/C12H20N4O6S/c1-4-9-10(17)16(19)11(18)12(9,23(20,21)22)14-8-13-6-5-7-15(2)3/h9,19H,4-7H2,1-3H3,(H,20,21,22). The summed E-state index contributed by atoms with van der Waals surface area (Å²) in [5.74, 6) is -4.22. The van der Waals surface area contributed by atoms with Crippen molar-refractivity contribution in [2.45, 2.75) is 24.6 Å². The Balaban J connectivity index is 3.18. The second-order valence-corrected chi connectivity index (χ2v) is 6.91. The van der Waals surface area contributed by atoms with Crippen molar-refractivity contribution >= 4 is 27.9 Å². The largest absolute Gasteiger partial charge is 0.309 e. The number of aliphatic imine (C=N–C) groups is 2. The molecule has 0 spiro atoms. The summed E-state index contributed by atoms with van der Waals surface area (Å²) in [6, 6.07) is 2.07. The average molecular weight is 348 g/mol. The molecule has 1 fully saturated rings. The van der Waals surface area contributed by atoms with Gasteiger partial charge in [-0.2, -0.15) is 18.5 Å². The van der Waals surface area contributed by atoms with Gasteiger partial charge in [0, 0.05) is 0 Å². The van der Waals surface area contributed by atoms with Crippen LogP contribution < -0.4 is 0 Å². The zero-order valence-electron chi connectivity index (χ0n) is 13.1. The van der Waals surface area contributed by atoms with Crippen LogP contribution in [0.5, 0.6) is 0 Å². The average Bonchev–Trinajstić information content (AvgIpc) is 2.63. The predicted octanol–water partition coefficient (Wildman–Crippen LogP) is -0.520. The second kappa shape index (κ2) is 7.28. The molecular weight excluding hydrogens is 328 g/mol. The number of carbonyl (C=O) groups excluding carboxylic acids is 2. The van der Waals surface area contributed by atoms with Crippen molar-refractivity contribution in [3.05, 3.63) is 0 Å². The number of hydroxylamine groups is 2. The zero-order chi connectivity index (χ0) is 17.8. The Morgan fingerprint density at radius 2 is 2.00 bits per heavy atom. The molecule has 23 heavy (non-hydrogen) atoms. The summed E-state index contributed by atoms with van der Waals surface area (Å²) >= 11 is 0. The van der Waals surface area contributed by atoms with E-state index in [4.69, 9.17) is 0 Å². The maximum absolute atomic E-state index is 12.0. The predicted molar refractivity (Wildman–Crippen MR) is 79.6 cm³/mol. The summed E-state index contributed by atoms with van der Waals surface area (Å²) in [5.41, 5.74) is 0. The summed E-state index contributed by atoms with van der Waals surface area (Å²) in [6.45, 7) is 2.43. The Kier molecular flexibility index (Phi) is 6.14. The van der Waals surface area contributed by atoms with Crippen molar-refractivity contribution < 1.29 is 27.8 Å². The molecule has 1 saturated heterocycles. The van der Waals surface area contributed by atoms with Gasteiger partial charge in [-0.1, -0.05) is 6.92 Å². The Morgan fingerprint density at radius 3 is 2.48 bits per heavy atom. The fraction of sp³-hybridized carbons (Fsp3) is 0.750. The highest BCUT2D eigenvalue weighted by atomic mass is 32.2. The molecule has 0 bridgehead atoms. The van der Waals surface area contributed by atoms with Crippen LogP contribution in [-0.4, -0.2) is 78.0 Å². The number of imide groups is 1. The molecule has 0 saturated carbocycles. The molecule has 2 unspecified atom stereocenters. The monoisotopic (exact) mass is 348 g/mol. The van der Waals surface area contributed by atoms with Crippen LogP contribution in [0, 0.1) is 5.92 Å². The molecule has 2 atom stereocenters. The van der Waals surface area contributed by atoms with Crippen molar-refractivity contribution in [2.24, 2.45) is 15.9 Å². The number of carbonyl (C=O) groups is 2. The Hall–Kier alpha value is -1.65. The van der Waals surface area contributed by atoms with Gasteiger partial charge in [-0.25, -0.2) is 4.99 Å². The van der Waals surface area contributed by atoms with E-state index in [0.29, 0.717) is 6.42 Å². The number of hydrogen-bond acceptors (Lipinski definition) is 8. The molecule has 0 aliphatic carbocycles. The van der Waals surface area contributed by atoms with E-state index in [9.17, 15) is 27.8 Å². The normalized spacial score (nSPS) is 25.0. The molecule has 130 valence electrons. The third-order valence-corrected chi connectivity index (χ3v) is 4.78. The highest BCUT2D eigenvalue weighted by Crippen LogP contribution is 2.38. The third kappa shape index (κ3) is 3.65. The van der Waals surface area contributed by atoms with E-state index in [1.807, 2.05) is 19.0 Å². The first-order chi connectivity index (χ1) is 10.6. The van der Waals surface area contributed by atoms with Gasteiger partial charge in [0.05, 0.1) is 18.5 Å². The molecule has 1 heterocycles. The van der Waals surface area contributed by atoms with Gasteiger partial charge in [-0.3, -0.25) is 19.3 Å². The summed E-state index contributed by atoms with van der Waals surface area (Å²) in [7, 11) is -1.37. The van der Waals surface area contributed by atoms with E-state index in [2.05, 4.69) is 16.0 Å². The Labute approximate surface area is 134 Å². The van der Waals surface area contributed by atoms with Crippen LogP contribution in [0.4, 0.5) is 0 Å². The van der Waals surface area contributed by atoms with Gasteiger partial charge in [-0.05, 0) is 33.5 Å². The fourth-order valence-corrected chi connectivity index (χ4v) is 3.36. The number of amides is 2. The van der Waals surface area contributed by atoms with Crippen molar-refractivity contribution in [3.63, 3.8) is 0 Å². The summed E-state index contributed by atoms with van der Waals surface area (Å²) in [6.07, 6.45) is 0.512. The molecule has 10 nitrogen and oxygen atoms in total. The quantitative estimate of drug-likeness (QED) is 0.207. The maximum atomic E-state index is 12.0. The molecule has 11 heteroatoms. The van der Waals surface area contributed by atoms with Crippen molar-refractivity contribution in [1.29, 1.82) is 0 Å². The molecule has 0 aromatic carbocycles. The van der Waals surface area contributed by atoms with Gasteiger partial charge in [0.25, 0.3) is 10.8 Å². The lowest BCUT2D eigenvalue weighted by molar-refractivity contribution is -0.172. The van der Waals surface area contributed by atoms with E-state index >= 15 is 0 Å². The third-order valence-electron chi connectivity index (χ3n) is 3.44. The maximum Gasteiger partial charge on any atom is 0.302 e. The summed E-state index contributed by atoms with van der Waals surface area (Å²) in [5, 5.41) is 9.07. The van der Waals surface area contributed by atoms with Gasteiger partial charge in [-0.15, -0.1) is 0 Å². The number of nitrogens with zero attached hydrogens (tertiary/aromatic N) is 4. The van der Waals surface area contributed by atoms with Crippen LogP contribution >= 0.6 is 0 Å². The minimum absolute atomic E-state index is 0.132. The molecule has 1 rings (SSSR count). The topological polar surface area (TPSA) is 140 Å². The molecule has 2 amide bonds. The molecule has 1 aliphatic heterocycles. The molecule has 2 N–H and O–H groups in total. The van der Waals surface area contributed by atoms with Gasteiger partial charge in [0.2, 0.25) is 0 Å². The fourth-order valence-electron chi connectivity index (χ4n) is 2.27. The van der Waals surface area contributed by atoms with Crippen LogP contribution in [0.25, 0.3) is 0 Å². The van der Waals surface area contributed by atoms with Crippen LogP contribution in [-0.2, 0) is 19.7 Å². The zero-order valence-corrected chi connectivity index (χ0v) is 13.9. The Bertz CT molecular complexity index is 640. The summed E-state index contributed by atoms with van der Waals surface area (Å²) < 4.78 is 32.8. The number of hydrogen-bond donors (Lipinski definition) is 2. The first kappa shape index (κ1) is 19.4. The van der Waals surface area contributed by atoms with Crippen molar-refractivity contribution in [3.8, 4) is 0 Å². The smallest absolute Gasteiger partial charge is 0.302 e. The number of rotatable bonds is 7. The van der Waals surface area contributed by atoms with Crippen LogP contribution in [0.2, 0.25) is 0 Å². The van der Waals surface area contributed by atoms with Crippen LogP contribution in [0.3, 0.4) is 0 Å². The van der Waals surface area contributed by atoms with Gasteiger partial charge in [0.1, 0.15) is 0 Å². The van der Waals surface area contributed by atoms with Crippen molar-refractivity contribution in [2.75, 3.05) is 27.2 Å². The molecular formula is C12H20N4O6S. The highest BCUT2D eigenvalue weighted by molar-refractivity contribution is 7.88. The minimum atomic E-state index is -5.12. The van der Waals surface area contributed by atoms with Gasteiger partial charge >= 0.3 is 16.0 Å². The van der Waals surface area contributed by atoms with Crippen LogP contribution in [0.1, 0.15) is 19.8 Å². The molecule has 1 aliphatic rings. The Morgan fingerprint density at radius 1 is 1.39 bits per heavy atom. The van der Waals surface area contributed by atoms with Crippen molar-refractivity contribution in [1.82, 2.24) is 9.96 Å². The van der Waals surface area contributed by atoms with E-state index in [0.717, 1.165) is 6.54 Å². The summed E-state index contributed by atoms with van der Waals surface area (Å²) in [4.78, 5) is 30.0. The van der Waals surface area contributed by atoms with Crippen LogP contribution in [0.15, 0.2) is 9.98 Å². The van der Waals surface area contributed by atoms with E-state index in [1.54, 1.807) is 0 Å². The SMILES string of the molecule is CCC1C(=O)N(O)C(=O)C1(N=C=NCCCN(C)C)S(=O)(=O)O. The van der Waals surface area contributed by atoms with E-state index in [1.165, 1.54) is 6.92 Å². The minimum Gasteiger partial charge on any atom is -0.309 e. The molecule has 0 aromatic heterocycles. The molecule has 0 radical (unpaired) electrons. The molecule has 0 aromatic rings.